The van der Waals surface area contributed by atoms with Crippen LogP contribution in [0.2, 0.25) is 0 Å². The van der Waals surface area contributed by atoms with Crippen LogP contribution in [-0.2, 0) is 14.3 Å². The molecule has 1 unspecified atom stereocenters. The lowest BCUT2D eigenvalue weighted by molar-refractivity contribution is -0.132. The van der Waals surface area contributed by atoms with E-state index in [0.717, 1.165) is 6.42 Å². The summed E-state index contributed by atoms with van der Waals surface area (Å²) >= 11 is 0. The van der Waals surface area contributed by atoms with Gasteiger partial charge in [-0.05, 0) is 33.1 Å². The summed E-state index contributed by atoms with van der Waals surface area (Å²) in [6.07, 6.45) is 0.540. The number of ether oxygens (including phenoxy) is 2. The first kappa shape index (κ1) is 16.6. The number of aliphatic imine (C=N–C) groups is 1. The molecule has 0 rings (SSSR count). The summed E-state index contributed by atoms with van der Waals surface area (Å²) in [4.78, 5) is 26.7. The first-order valence-corrected chi connectivity index (χ1v) is 6.08. The highest BCUT2D eigenvalue weighted by atomic mass is 16.6. The zero-order chi connectivity index (χ0) is 14.3. The summed E-state index contributed by atoms with van der Waals surface area (Å²) in [6, 6.07) is 0. The monoisotopic (exact) mass is 257 g/mol. The molecular weight excluding hydrogens is 234 g/mol. The number of methoxy groups -OCH3 is 1. The largest absolute Gasteiger partial charge is 0.465 e. The van der Waals surface area contributed by atoms with Crippen LogP contribution in [0.25, 0.3) is 0 Å². The molecule has 0 aromatic carbocycles. The topological polar surface area (TPSA) is 65.0 Å². The Morgan fingerprint density at radius 2 is 1.83 bits per heavy atom. The number of rotatable bonds is 4. The Morgan fingerprint density at radius 3 is 2.22 bits per heavy atom. The van der Waals surface area contributed by atoms with Crippen LogP contribution < -0.4 is 0 Å². The van der Waals surface area contributed by atoms with E-state index >= 15 is 0 Å². The van der Waals surface area contributed by atoms with Crippen molar-refractivity contribution in [1.82, 2.24) is 0 Å². The Balaban J connectivity index is 4.84. The van der Waals surface area contributed by atoms with Gasteiger partial charge in [-0.25, -0.2) is 9.59 Å². The van der Waals surface area contributed by atoms with Crippen LogP contribution >= 0.6 is 0 Å². The molecular formula is C13H23NO4. The lowest BCUT2D eigenvalue weighted by atomic mass is 10.0. The number of hydrogen-bond donors (Lipinski definition) is 0. The molecule has 0 aliphatic rings. The molecule has 5 nitrogen and oxygen atoms in total. The second kappa shape index (κ2) is 7.13. The van der Waals surface area contributed by atoms with Gasteiger partial charge in [-0.2, -0.15) is 4.99 Å². The molecule has 0 fully saturated rings. The Hall–Kier alpha value is -1.39. The van der Waals surface area contributed by atoms with Crippen molar-refractivity contribution in [3.8, 4) is 0 Å². The highest BCUT2D eigenvalue weighted by Gasteiger charge is 2.20. The molecule has 0 bridgehead atoms. The van der Waals surface area contributed by atoms with Gasteiger partial charge in [0.15, 0.2) is 0 Å². The van der Waals surface area contributed by atoms with Crippen molar-refractivity contribution >= 4 is 17.8 Å². The van der Waals surface area contributed by atoms with Crippen LogP contribution in [0.1, 0.15) is 47.5 Å². The Kier molecular flexibility index (Phi) is 6.58. The summed E-state index contributed by atoms with van der Waals surface area (Å²) in [7, 11) is 1.27. The van der Waals surface area contributed by atoms with Gasteiger partial charge in [-0.15, -0.1) is 0 Å². The van der Waals surface area contributed by atoms with Crippen LogP contribution in [0.3, 0.4) is 0 Å². The number of carbonyl (C=O) groups excluding carboxylic acids is 2. The molecule has 0 N–H and O–H groups in total. The average molecular weight is 257 g/mol. The van der Waals surface area contributed by atoms with E-state index in [-0.39, 0.29) is 11.6 Å². The highest BCUT2D eigenvalue weighted by molar-refractivity contribution is 6.37. The second-order valence-electron chi connectivity index (χ2n) is 5.25. The lowest BCUT2D eigenvalue weighted by Gasteiger charge is -2.18. The van der Waals surface area contributed by atoms with Gasteiger partial charge in [0.05, 0.1) is 7.11 Å². The van der Waals surface area contributed by atoms with Crippen molar-refractivity contribution in [2.45, 2.75) is 53.1 Å². The van der Waals surface area contributed by atoms with Crippen molar-refractivity contribution in [1.29, 1.82) is 0 Å². The maximum absolute atomic E-state index is 11.5. The van der Waals surface area contributed by atoms with Crippen LogP contribution in [0, 0.1) is 5.92 Å². The van der Waals surface area contributed by atoms with Gasteiger partial charge in [0.2, 0.25) is 0 Å². The predicted molar refractivity (Wildman–Crippen MR) is 69.8 cm³/mol. The molecule has 0 aromatic rings. The Bertz CT molecular complexity index is 328. The molecule has 1 atom stereocenters. The van der Waals surface area contributed by atoms with Crippen molar-refractivity contribution in [3.63, 3.8) is 0 Å². The minimum atomic E-state index is -0.758. The fourth-order valence-corrected chi connectivity index (χ4v) is 1.16. The molecule has 0 heterocycles. The van der Waals surface area contributed by atoms with E-state index in [2.05, 4.69) is 9.73 Å². The first-order valence-electron chi connectivity index (χ1n) is 6.08. The van der Waals surface area contributed by atoms with Crippen LogP contribution in [0.5, 0.6) is 0 Å². The standard InChI is InChI=1S/C13H23NO4/c1-7-9(2)8-10(11(15)17-6)14-12(16)18-13(3,4)5/h9H,7-8H2,1-6H3/b14-10-. The van der Waals surface area contributed by atoms with E-state index in [4.69, 9.17) is 4.74 Å². The van der Waals surface area contributed by atoms with E-state index in [0.29, 0.717) is 6.42 Å². The van der Waals surface area contributed by atoms with E-state index < -0.39 is 17.7 Å². The zero-order valence-corrected chi connectivity index (χ0v) is 12.1. The molecule has 0 spiro atoms. The summed E-state index contributed by atoms with van der Waals surface area (Å²) < 4.78 is 9.66. The minimum absolute atomic E-state index is 0.112. The number of carbonyl (C=O) groups is 2. The summed E-state index contributed by atoms with van der Waals surface area (Å²) in [5.74, 6) is -0.327. The number of amides is 1. The molecule has 1 amide bonds. The van der Waals surface area contributed by atoms with Crippen molar-refractivity contribution in [2.24, 2.45) is 10.9 Å². The molecule has 0 saturated carbocycles. The van der Waals surface area contributed by atoms with Gasteiger partial charge in [0.25, 0.3) is 0 Å². The van der Waals surface area contributed by atoms with Gasteiger partial charge in [0, 0.05) is 0 Å². The van der Waals surface area contributed by atoms with Gasteiger partial charge >= 0.3 is 12.1 Å². The van der Waals surface area contributed by atoms with Gasteiger partial charge < -0.3 is 9.47 Å². The number of hydrogen-bond acceptors (Lipinski definition) is 4. The first-order chi connectivity index (χ1) is 8.19. The quantitative estimate of drug-likeness (QED) is 0.573. The van der Waals surface area contributed by atoms with E-state index in [1.165, 1.54) is 7.11 Å². The molecule has 0 aliphatic carbocycles. The third-order valence-electron chi connectivity index (χ3n) is 2.28. The van der Waals surface area contributed by atoms with Crippen LogP contribution in [-0.4, -0.2) is 30.5 Å². The molecule has 0 aromatic heterocycles. The molecule has 0 radical (unpaired) electrons. The highest BCUT2D eigenvalue weighted by Crippen LogP contribution is 2.12. The molecule has 0 aliphatic heterocycles. The fourth-order valence-electron chi connectivity index (χ4n) is 1.16. The van der Waals surface area contributed by atoms with Crippen LogP contribution in [0.15, 0.2) is 4.99 Å². The van der Waals surface area contributed by atoms with Gasteiger partial charge in [-0.1, -0.05) is 20.3 Å². The Labute approximate surface area is 109 Å². The molecule has 5 heteroatoms. The lowest BCUT2D eigenvalue weighted by Crippen LogP contribution is -2.25. The van der Waals surface area contributed by atoms with Gasteiger partial charge in [-0.3, -0.25) is 0 Å². The predicted octanol–water partition coefficient (Wildman–Crippen LogP) is 2.97. The minimum Gasteiger partial charge on any atom is -0.465 e. The van der Waals surface area contributed by atoms with Crippen LogP contribution in [0.4, 0.5) is 4.79 Å². The fraction of sp³-hybridized carbons (Fsp3) is 0.769. The summed E-state index contributed by atoms with van der Waals surface area (Å²) in [6.45, 7) is 9.22. The summed E-state index contributed by atoms with van der Waals surface area (Å²) in [5, 5.41) is 0. The zero-order valence-electron chi connectivity index (χ0n) is 12.1. The smallest absolute Gasteiger partial charge is 0.434 e. The molecule has 104 valence electrons. The van der Waals surface area contributed by atoms with E-state index in [9.17, 15) is 9.59 Å². The third kappa shape index (κ3) is 7.04. The van der Waals surface area contributed by atoms with E-state index in [1.54, 1.807) is 20.8 Å². The van der Waals surface area contributed by atoms with Crippen molar-refractivity contribution < 1.29 is 19.1 Å². The SMILES string of the molecule is CCC(C)C/C(=N/C(=O)OC(C)(C)C)C(=O)OC. The van der Waals surface area contributed by atoms with Crippen molar-refractivity contribution in [3.05, 3.63) is 0 Å². The van der Waals surface area contributed by atoms with Gasteiger partial charge in [0.1, 0.15) is 11.3 Å². The number of nitrogens with zero attached hydrogens (tertiary/aromatic N) is 1. The maximum Gasteiger partial charge on any atom is 0.434 e. The van der Waals surface area contributed by atoms with Crippen molar-refractivity contribution in [2.75, 3.05) is 7.11 Å². The van der Waals surface area contributed by atoms with E-state index in [1.807, 2.05) is 13.8 Å². The normalized spacial score (nSPS) is 14.0. The second-order valence-corrected chi connectivity index (χ2v) is 5.25. The Morgan fingerprint density at radius 1 is 1.28 bits per heavy atom. The summed E-state index contributed by atoms with van der Waals surface area (Å²) in [5.41, 5.74) is -0.515. The maximum atomic E-state index is 11.5. The third-order valence-corrected chi connectivity index (χ3v) is 2.28. The molecule has 18 heavy (non-hydrogen) atoms. The molecule has 0 saturated heterocycles. The average Bonchev–Trinajstić information content (AvgIpc) is 2.24. The number of esters is 1.